The van der Waals surface area contributed by atoms with Crippen LogP contribution in [0.5, 0.6) is 0 Å². The molecule has 36 heavy (non-hydrogen) atoms. The number of unbranched alkanes of at least 4 members (excludes halogenated alkanes) is 10. The lowest BCUT2D eigenvalue weighted by molar-refractivity contribution is -0.525. The highest BCUT2D eigenvalue weighted by molar-refractivity contribution is 5.08. The van der Waals surface area contributed by atoms with Crippen molar-refractivity contribution in [3.05, 3.63) is 0 Å². The highest BCUT2D eigenvalue weighted by atomic mass is 14.8. The zero-order valence-corrected chi connectivity index (χ0v) is 26.6. The predicted molar refractivity (Wildman–Crippen MR) is 163 cm³/mol. The summed E-state index contributed by atoms with van der Waals surface area (Å²) in [5, 5.41) is 0. The molecule has 6 N–H and O–H groups in total. The van der Waals surface area contributed by atoms with Gasteiger partial charge in [0.2, 0.25) is 0 Å². The zero-order valence-electron chi connectivity index (χ0n) is 26.6. The Morgan fingerprint density at radius 3 is 1.06 bits per heavy atom. The number of rotatable bonds is 27. The first-order valence-corrected chi connectivity index (χ1v) is 17.1. The molecule has 0 saturated heterocycles. The summed E-state index contributed by atoms with van der Waals surface area (Å²) in [6.07, 6.45) is 33.2. The average molecular weight is 511 g/mol. The molecule has 0 fully saturated rings. The summed E-state index contributed by atoms with van der Waals surface area (Å²) < 4.78 is 0. The van der Waals surface area contributed by atoms with Crippen LogP contribution in [0.15, 0.2) is 0 Å². The van der Waals surface area contributed by atoms with Crippen LogP contribution in [0.25, 0.3) is 0 Å². The summed E-state index contributed by atoms with van der Waals surface area (Å²) in [6.45, 7) is 15.7. The molecule has 0 atom stereocenters. The molecule has 0 radical (unpaired) electrons. The van der Waals surface area contributed by atoms with E-state index >= 15 is 0 Å². The van der Waals surface area contributed by atoms with Crippen molar-refractivity contribution in [1.29, 1.82) is 0 Å². The lowest BCUT2D eigenvalue weighted by Gasteiger charge is -2.59. The molecular weight excluding hydrogens is 436 g/mol. The zero-order chi connectivity index (χ0) is 27.2. The monoisotopic (exact) mass is 511 g/mol. The molecule has 218 valence electrons. The van der Waals surface area contributed by atoms with E-state index < -0.39 is 0 Å². The van der Waals surface area contributed by atoms with Gasteiger partial charge in [-0.2, -0.15) is 0 Å². The molecule has 0 saturated carbocycles. The second-order valence-corrected chi connectivity index (χ2v) is 12.6. The van der Waals surface area contributed by atoms with Crippen LogP contribution < -0.4 is 11.5 Å². The standard InChI is InChI=1S/C34H72N2/c1-7-24-32(25-8-2,30-22-20-18-16-14-13-15-17-19-21-23-31-35)33(26-9-3,27-10-4)34(36,28-11-5)29-12-6/h7-31,35-36H2,1-6H3/p+2. The second kappa shape index (κ2) is 21.8. The Morgan fingerprint density at radius 1 is 0.389 bits per heavy atom. The van der Waals surface area contributed by atoms with E-state index in [0.717, 1.165) is 6.54 Å². The molecule has 0 bridgehead atoms. The average Bonchev–Trinajstić information content (AvgIpc) is 2.85. The highest BCUT2D eigenvalue weighted by Gasteiger charge is 2.60. The molecule has 0 aromatic rings. The fraction of sp³-hybridized carbons (Fsp3) is 1.00. The van der Waals surface area contributed by atoms with Crippen molar-refractivity contribution in [1.82, 2.24) is 0 Å². The van der Waals surface area contributed by atoms with Gasteiger partial charge in [-0.1, -0.05) is 138 Å². The molecule has 2 nitrogen and oxygen atoms in total. The summed E-state index contributed by atoms with van der Waals surface area (Å²) in [5.41, 5.74) is 10.3. The molecule has 0 aromatic heterocycles. The molecule has 2 heteroatoms. The Bertz CT molecular complexity index is 454. The van der Waals surface area contributed by atoms with Gasteiger partial charge < -0.3 is 11.5 Å². The number of hydrogen-bond acceptors (Lipinski definition) is 0. The van der Waals surface area contributed by atoms with Crippen molar-refractivity contribution in [2.24, 2.45) is 10.8 Å². The summed E-state index contributed by atoms with van der Waals surface area (Å²) in [7, 11) is 0. The smallest absolute Gasteiger partial charge is 0.101 e. The van der Waals surface area contributed by atoms with E-state index in [2.05, 4.69) is 47.3 Å². The van der Waals surface area contributed by atoms with Crippen LogP contribution in [0.2, 0.25) is 0 Å². The predicted octanol–water partition coefficient (Wildman–Crippen LogP) is 9.66. The third kappa shape index (κ3) is 11.3. The minimum absolute atomic E-state index is 0.237. The second-order valence-electron chi connectivity index (χ2n) is 12.6. The van der Waals surface area contributed by atoms with Crippen LogP contribution in [0, 0.1) is 10.8 Å². The largest absolute Gasteiger partial charge is 0.358 e. The van der Waals surface area contributed by atoms with Gasteiger partial charge in [0.25, 0.3) is 0 Å². The maximum absolute atomic E-state index is 5.20. The van der Waals surface area contributed by atoms with Gasteiger partial charge in [-0.25, -0.2) is 0 Å². The molecule has 0 aliphatic heterocycles. The van der Waals surface area contributed by atoms with Crippen molar-refractivity contribution in [2.45, 2.75) is 201 Å². The third-order valence-corrected chi connectivity index (χ3v) is 9.70. The molecule has 0 spiro atoms. The van der Waals surface area contributed by atoms with Crippen LogP contribution in [-0.2, 0) is 0 Å². The first-order valence-electron chi connectivity index (χ1n) is 17.1. The van der Waals surface area contributed by atoms with Crippen LogP contribution in [0.1, 0.15) is 196 Å². The minimum atomic E-state index is 0.237. The Morgan fingerprint density at radius 2 is 0.722 bits per heavy atom. The van der Waals surface area contributed by atoms with Gasteiger partial charge in [0, 0.05) is 18.3 Å². The van der Waals surface area contributed by atoms with E-state index in [9.17, 15) is 0 Å². The van der Waals surface area contributed by atoms with Gasteiger partial charge in [-0.3, -0.25) is 0 Å². The van der Waals surface area contributed by atoms with Gasteiger partial charge >= 0.3 is 0 Å². The molecule has 0 aliphatic carbocycles. The molecule has 0 aromatic carbocycles. The van der Waals surface area contributed by atoms with Crippen molar-refractivity contribution in [2.75, 3.05) is 6.54 Å². The van der Waals surface area contributed by atoms with Gasteiger partial charge in [-0.05, 0) is 50.4 Å². The van der Waals surface area contributed by atoms with E-state index in [4.69, 9.17) is 5.73 Å². The van der Waals surface area contributed by atoms with Gasteiger partial charge in [0.1, 0.15) is 5.54 Å². The molecule has 0 aliphatic rings. The maximum Gasteiger partial charge on any atom is 0.101 e. The first kappa shape index (κ1) is 35.9. The minimum Gasteiger partial charge on any atom is -0.358 e. The number of quaternary nitrogens is 2. The fourth-order valence-corrected chi connectivity index (χ4v) is 8.44. The lowest BCUT2D eigenvalue weighted by atomic mass is 9.45. The maximum atomic E-state index is 5.20. The van der Waals surface area contributed by atoms with E-state index in [1.54, 1.807) is 0 Å². The molecule has 0 unspecified atom stereocenters. The van der Waals surface area contributed by atoms with Crippen molar-refractivity contribution in [3.63, 3.8) is 0 Å². The summed E-state index contributed by atoms with van der Waals surface area (Å²) in [6, 6.07) is 0. The van der Waals surface area contributed by atoms with E-state index in [1.807, 2.05) is 0 Å². The summed E-state index contributed by atoms with van der Waals surface area (Å²) >= 11 is 0. The fourth-order valence-electron chi connectivity index (χ4n) is 8.44. The van der Waals surface area contributed by atoms with Crippen molar-refractivity contribution in [3.8, 4) is 0 Å². The Kier molecular flexibility index (Phi) is 21.8. The highest BCUT2D eigenvalue weighted by Crippen LogP contribution is 2.61. The molecule has 0 amide bonds. The first-order chi connectivity index (χ1) is 17.4. The van der Waals surface area contributed by atoms with Gasteiger partial charge in [0.15, 0.2) is 0 Å². The van der Waals surface area contributed by atoms with Gasteiger partial charge in [0.05, 0.1) is 6.54 Å². The van der Waals surface area contributed by atoms with E-state index in [0.29, 0.717) is 10.8 Å². The third-order valence-electron chi connectivity index (χ3n) is 9.70. The van der Waals surface area contributed by atoms with Gasteiger partial charge in [-0.15, -0.1) is 0 Å². The molecule has 0 heterocycles. The van der Waals surface area contributed by atoms with Crippen molar-refractivity contribution >= 4 is 0 Å². The normalized spacial score (nSPS) is 13.0. The SMILES string of the molecule is CCCC([NH3+])(CCC)C(CCC)(CCC)C(CCC)(CCC)CCCCCCCCCCCCC[NH3+]. The Balaban J connectivity index is 5.38. The summed E-state index contributed by atoms with van der Waals surface area (Å²) in [5.74, 6) is 0. The van der Waals surface area contributed by atoms with Crippen LogP contribution in [-0.4, -0.2) is 12.1 Å². The van der Waals surface area contributed by atoms with Crippen LogP contribution in [0.4, 0.5) is 0 Å². The number of hydrogen-bond donors (Lipinski definition) is 2. The van der Waals surface area contributed by atoms with Crippen molar-refractivity contribution < 1.29 is 11.5 Å². The van der Waals surface area contributed by atoms with E-state index in [1.165, 1.54) is 154 Å². The Hall–Kier alpha value is -0.0800. The lowest BCUT2D eigenvalue weighted by Crippen LogP contribution is -2.82. The van der Waals surface area contributed by atoms with Crippen LogP contribution in [0.3, 0.4) is 0 Å². The topological polar surface area (TPSA) is 55.3 Å². The quantitative estimate of drug-likeness (QED) is 0.103. The molecule has 0 rings (SSSR count). The Labute approximate surface area is 229 Å². The summed E-state index contributed by atoms with van der Waals surface area (Å²) in [4.78, 5) is 0. The van der Waals surface area contributed by atoms with Crippen LogP contribution >= 0.6 is 0 Å². The molecular formula is C34H74N2+2. The van der Waals surface area contributed by atoms with E-state index in [-0.39, 0.29) is 5.54 Å².